The van der Waals surface area contributed by atoms with E-state index in [2.05, 4.69) is 0 Å². The van der Waals surface area contributed by atoms with Crippen LogP contribution in [0, 0.1) is 11.8 Å². The molecular weight excluding hydrogens is 392 g/mol. The quantitative estimate of drug-likeness (QED) is 0.319. The van der Waals surface area contributed by atoms with E-state index in [-0.39, 0.29) is 24.7 Å². The number of hydrogen-bond acceptors (Lipinski definition) is 5. The van der Waals surface area contributed by atoms with Crippen molar-refractivity contribution in [3.8, 4) is 0 Å². The van der Waals surface area contributed by atoms with Crippen molar-refractivity contribution >= 4 is 5.97 Å². The molecule has 1 aromatic rings. The van der Waals surface area contributed by atoms with Gasteiger partial charge in [0.05, 0.1) is 24.4 Å². The molecule has 0 spiro atoms. The molecule has 5 heteroatoms. The van der Waals surface area contributed by atoms with E-state index < -0.39 is 49.6 Å². The lowest BCUT2D eigenvalue weighted by Gasteiger charge is -2.23. The summed E-state index contributed by atoms with van der Waals surface area (Å²) in [6.45, 7) is 3.28. The van der Waals surface area contributed by atoms with Gasteiger partial charge in [-0.2, -0.15) is 0 Å². The summed E-state index contributed by atoms with van der Waals surface area (Å²) in [5, 5.41) is 31.3. The SMILES string of the molecule is [2H]C([2H])(/C=C\C[C@@H]1[C@@H](CC[C@@H](O)CCc2ccccc2)[C@H](O)C[C@@H]1O)C([2H])([2H])CC(=O)OC(C)C. The third-order valence-corrected chi connectivity index (χ3v) is 5.78. The summed E-state index contributed by atoms with van der Waals surface area (Å²) in [5.74, 6) is -1.37. The van der Waals surface area contributed by atoms with Crippen molar-refractivity contribution in [3.63, 3.8) is 0 Å². The van der Waals surface area contributed by atoms with Crippen LogP contribution in [0.5, 0.6) is 0 Å². The average molecular weight is 437 g/mol. The Kier molecular flexibility index (Phi) is 8.80. The largest absolute Gasteiger partial charge is 0.463 e. The van der Waals surface area contributed by atoms with Crippen molar-refractivity contribution in [2.75, 3.05) is 0 Å². The van der Waals surface area contributed by atoms with Gasteiger partial charge >= 0.3 is 5.97 Å². The van der Waals surface area contributed by atoms with E-state index in [4.69, 9.17) is 10.2 Å². The Hall–Kier alpha value is -1.69. The summed E-state index contributed by atoms with van der Waals surface area (Å²) < 4.78 is 37.3. The minimum Gasteiger partial charge on any atom is -0.463 e. The molecule has 2 rings (SSSR count). The van der Waals surface area contributed by atoms with E-state index >= 15 is 0 Å². The van der Waals surface area contributed by atoms with Gasteiger partial charge in [-0.25, -0.2) is 0 Å². The van der Waals surface area contributed by atoms with Gasteiger partial charge in [-0.15, -0.1) is 0 Å². The predicted molar refractivity (Wildman–Crippen MR) is 122 cm³/mol. The van der Waals surface area contributed by atoms with E-state index in [1.165, 1.54) is 6.08 Å². The molecule has 0 aromatic heterocycles. The van der Waals surface area contributed by atoms with Gasteiger partial charge in [0.25, 0.3) is 0 Å². The molecule has 0 amide bonds. The number of benzene rings is 1. The monoisotopic (exact) mass is 436 g/mol. The first-order valence-corrected chi connectivity index (χ1v) is 11.3. The predicted octanol–water partition coefficient (Wildman–Crippen LogP) is 4.19. The van der Waals surface area contributed by atoms with Gasteiger partial charge in [0, 0.05) is 11.9 Å². The standard InChI is InChI=1S/C26H40O5/c1-19(2)31-26(30)13-9-4-3-8-12-22-23(25(29)18-24(22)28)17-16-21(27)15-14-20-10-6-5-7-11-20/h3,5-8,10-11,19,21-25,27-29H,4,9,12-18H2,1-2H3/b8-3-/t21-,22+,23+,24-,25+/m0/s1/i4D2,9D2. The Bertz CT molecular complexity index is 815. The zero-order chi connectivity index (χ0) is 26.2. The lowest BCUT2D eigenvalue weighted by molar-refractivity contribution is -0.147. The summed E-state index contributed by atoms with van der Waals surface area (Å²) in [4.78, 5) is 11.8. The maximum absolute atomic E-state index is 11.8. The van der Waals surface area contributed by atoms with Crippen LogP contribution in [-0.2, 0) is 16.0 Å². The van der Waals surface area contributed by atoms with Gasteiger partial charge in [-0.1, -0.05) is 42.5 Å². The van der Waals surface area contributed by atoms with Crippen LogP contribution in [0.1, 0.15) is 76.2 Å². The molecule has 0 saturated heterocycles. The van der Waals surface area contributed by atoms with Gasteiger partial charge in [-0.05, 0) is 82.5 Å². The summed E-state index contributed by atoms with van der Waals surface area (Å²) in [7, 11) is 0. The first kappa shape index (κ1) is 20.0. The first-order chi connectivity index (χ1) is 16.3. The minimum absolute atomic E-state index is 0.220. The van der Waals surface area contributed by atoms with Crippen LogP contribution >= 0.6 is 0 Å². The maximum Gasteiger partial charge on any atom is 0.306 e. The van der Waals surface area contributed by atoms with Crippen molar-refractivity contribution in [1.29, 1.82) is 0 Å². The Balaban J connectivity index is 1.91. The molecule has 0 aliphatic heterocycles. The molecule has 1 saturated carbocycles. The van der Waals surface area contributed by atoms with Crippen LogP contribution in [0.2, 0.25) is 0 Å². The normalized spacial score (nSPS) is 27.5. The van der Waals surface area contributed by atoms with Crippen LogP contribution < -0.4 is 0 Å². The zero-order valence-electron chi connectivity index (χ0n) is 22.6. The van der Waals surface area contributed by atoms with Gasteiger partial charge in [0.2, 0.25) is 0 Å². The second-order valence-corrected chi connectivity index (χ2v) is 8.63. The molecule has 0 unspecified atom stereocenters. The van der Waals surface area contributed by atoms with Crippen molar-refractivity contribution in [1.82, 2.24) is 0 Å². The molecule has 0 radical (unpaired) electrons. The number of ether oxygens (including phenoxy) is 1. The highest BCUT2D eigenvalue weighted by atomic mass is 16.5. The zero-order valence-corrected chi connectivity index (χ0v) is 18.6. The fraction of sp³-hybridized carbons (Fsp3) is 0.654. The van der Waals surface area contributed by atoms with E-state index in [1.807, 2.05) is 30.3 Å². The van der Waals surface area contributed by atoms with Crippen LogP contribution in [0.15, 0.2) is 42.5 Å². The summed E-state index contributed by atoms with van der Waals surface area (Å²) in [5.41, 5.74) is 1.15. The number of carbonyl (C=O) groups excluding carboxylic acids is 1. The van der Waals surface area contributed by atoms with Crippen LogP contribution in [0.25, 0.3) is 0 Å². The van der Waals surface area contributed by atoms with Gasteiger partial charge in [0.1, 0.15) is 0 Å². The highest BCUT2D eigenvalue weighted by Crippen LogP contribution is 2.38. The van der Waals surface area contributed by atoms with Gasteiger partial charge in [-0.3, -0.25) is 4.79 Å². The maximum atomic E-state index is 11.8. The summed E-state index contributed by atoms with van der Waals surface area (Å²) >= 11 is 0. The van der Waals surface area contributed by atoms with Crippen molar-refractivity contribution in [3.05, 3.63) is 48.0 Å². The molecule has 174 valence electrons. The number of aryl methyl sites for hydroxylation is 1. The number of aliphatic hydroxyl groups excluding tert-OH is 3. The molecule has 0 bridgehead atoms. The van der Waals surface area contributed by atoms with E-state index in [1.54, 1.807) is 13.8 Å². The molecule has 5 atom stereocenters. The summed E-state index contributed by atoms with van der Waals surface area (Å²) in [6.07, 6.45) is -2.57. The van der Waals surface area contributed by atoms with Crippen LogP contribution in [-0.4, -0.2) is 45.7 Å². The molecule has 5 nitrogen and oxygen atoms in total. The van der Waals surface area contributed by atoms with Crippen molar-refractivity contribution in [2.24, 2.45) is 11.8 Å². The second kappa shape index (κ2) is 13.7. The number of aliphatic hydroxyl groups is 3. The number of carbonyl (C=O) groups is 1. The van der Waals surface area contributed by atoms with Crippen LogP contribution in [0.4, 0.5) is 0 Å². The lowest BCUT2D eigenvalue weighted by Crippen LogP contribution is -2.23. The fourth-order valence-electron chi connectivity index (χ4n) is 4.18. The van der Waals surface area contributed by atoms with Gasteiger partial charge in [0.15, 0.2) is 0 Å². The molecule has 1 fully saturated rings. The van der Waals surface area contributed by atoms with E-state index in [9.17, 15) is 20.1 Å². The molecule has 31 heavy (non-hydrogen) atoms. The Morgan fingerprint density at radius 3 is 2.58 bits per heavy atom. The molecule has 3 N–H and O–H groups in total. The highest BCUT2D eigenvalue weighted by Gasteiger charge is 2.40. The van der Waals surface area contributed by atoms with E-state index in [0.717, 1.165) is 18.1 Å². The average Bonchev–Trinajstić information content (AvgIpc) is 3.02. The number of allylic oxidation sites excluding steroid dienone is 2. The first-order valence-electron chi connectivity index (χ1n) is 13.3. The smallest absolute Gasteiger partial charge is 0.306 e. The number of rotatable bonds is 13. The minimum atomic E-state index is -2.47. The Morgan fingerprint density at radius 1 is 1.16 bits per heavy atom. The highest BCUT2D eigenvalue weighted by molar-refractivity contribution is 5.69. The third kappa shape index (κ3) is 9.55. The van der Waals surface area contributed by atoms with Crippen molar-refractivity contribution < 1.29 is 30.3 Å². The molecular formula is C26H40O5. The van der Waals surface area contributed by atoms with Crippen LogP contribution in [0.3, 0.4) is 0 Å². The van der Waals surface area contributed by atoms with Crippen molar-refractivity contribution in [2.45, 2.75) is 96.0 Å². The van der Waals surface area contributed by atoms with E-state index in [0.29, 0.717) is 19.3 Å². The molecule has 0 heterocycles. The fourth-order valence-corrected chi connectivity index (χ4v) is 4.18. The Labute approximate surface area is 192 Å². The lowest BCUT2D eigenvalue weighted by atomic mass is 9.85. The molecule has 1 aliphatic carbocycles. The molecule has 1 aromatic carbocycles. The topological polar surface area (TPSA) is 87.0 Å². The number of esters is 1. The number of hydrogen-bond donors (Lipinski definition) is 3. The third-order valence-electron chi connectivity index (χ3n) is 5.78. The second-order valence-electron chi connectivity index (χ2n) is 8.63. The van der Waals surface area contributed by atoms with Gasteiger partial charge < -0.3 is 20.1 Å². The summed E-state index contributed by atoms with van der Waals surface area (Å²) in [6, 6.07) is 9.89. The Morgan fingerprint density at radius 2 is 1.87 bits per heavy atom. The molecule has 1 aliphatic rings.